The van der Waals surface area contributed by atoms with Crippen LogP contribution in [0.1, 0.15) is 84.0 Å². The highest BCUT2D eigenvalue weighted by atomic mass is 31.0. The van der Waals surface area contributed by atoms with Gasteiger partial charge in [0.15, 0.2) is 5.78 Å². The fraction of sp³-hybridized carbons (Fsp3) is 0.462. The topological polar surface area (TPSA) is 60.4 Å². The average Bonchev–Trinajstić information content (AvgIpc) is 2.75. The van der Waals surface area contributed by atoms with Crippen LogP contribution in [0, 0.1) is 20.8 Å². The van der Waals surface area contributed by atoms with Crippen LogP contribution in [0.25, 0.3) is 0 Å². The molecule has 0 N–H and O–H groups in total. The fourth-order valence-corrected chi connectivity index (χ4v) is 3.89. The lowest BCUT2D eigenvalue weighted by Gasteiger charge is -2.18. The molecule has 0 heterocycles. The Kier molecular flexibility index (Phi) is 12.6. The summed E-state index contributed by atoms with van der Waals surface area (Å²) < 4.78 is 13.6. The van der Waals surface area contributed by atoms with Gasteiger partial charge in [0.1, 0.15) is 15.0 Å². The zero-order valence-electron chi connectivity index (χ0n) is 19.2. The molecule has 2 aromatic rings. The summed E-state index contributed by atoms with van der Waals surface area (Å²) in [5.41, 5.74) is 4.22. The third-order valence-electron chi connectivity index (χ3n) is 5.30. The minimum Gasteiger partial charge on any atom is -0.465 e. The molecule has 0 aliphatic carbocycles. The SMILES string of the molecule is CCCCCCCCOC(=O)C(C(=O)c1c(C)cc(C)cc1C)c1ccccc1.O=P. The monoisotopic (exact) mass is 442 g/mol. The molecule has 2 aromatic carbocycles. The van der Waals surface area contributed by atoms with Crippen LogP contribution in [-0.4, -0.2) is 18.4 Å². The Labute approximate surface area is 189 Å². The predicted molar refractivity (Wildman–Crippen MR) is 128 cm³/mol. The second-order valence-corrected chi connectivity index (χ2v) is 7.92. The van der Waals surface area contributed by atoms with Gasteiger partial charge in [0.25, 0.3) is 0 Å². The van der Waals surface area contributed by atoms with E-state index >= 15 is 0 Å². The van der Waals surface area contributed by atoms with Crippen molar-refractivity contribution < 1.29 is 18.9 Å². The molecule has 31 heavy (non-hydrogen) atoms. The van der Waals surface area contributed by atoms with E-state index in [0.717, 1.165) is 36.0 Å². The molecule has 0 aliphatic heterocycles. The first-order chi connectivity index (χ1) is 15.0. The fourth-order valence-electron chi connectivity index (χ4n) is 3.89. The van der Waals surface area contributed by atoms with E-state index < -0.39 is 11.9 Å². The van der Waals surface area contributed by atoms with Crippen molar-refractivity contribution in [2.75, 3.05) is 6.61 Å². The first-order valence-electron chi connectivity index (χ1n) is 11.0. The largest absolute Gasteiger partial charge is 0.465 e. The number of ether oxygens (including phenoxy) is 1. The van der Waals surface area contributed by atoms with Crippen molar-refractivity contribution in [3.63, 3.8) is 0 Å². The van der Waals surface area contributed by atoms with Gasteiger partial charge in [0.2, 0.25) is 0 Å². The number of carbonyl (C=O) groups is 2. The summed E-state index contributed by atoms with van der Waals surface area (Å²) in [5.74, 6) is -1.55. The smallest absolute Gasteiger partial charge is 0.321 e. The molecular formula is C26H35O4P. The van der Waals surface area contributed by atoms with E-state index in [0.29, 0.717) is 17.7 Å². The third kappa shape index (κ3) is 8.38. The van der Waals surface area contributed by atoms with Gasteiger partial charge in [-0.3, -0.25) is 14.2 Å². The van der Waals surface area contributed by atoms with Gasteiger partial charge < -0.3 is 4.74 Å². The summed E-state index contributed by atoms with van der Waals surface area (Å²) in [5, 5.41) is 0. The molecule has 0 aromatic heterocycles. The molecule has 0 aliphatic rings. The summed E-state index contributed by atoms with van der Waals surface area (Å²) in [6.45, 7) is 8.43. The molecule has 4 nitrogen and oxygen atoms in total. The van der Waals surface area contributed by atoms with Crippen LogP contribution in [-0.2, 0) is 14.1 Å². The van der Waals surface area contributed by atoms with Crippen LogP contribution in [0.2, 0.25) is 0 Å². The molecule has 0 amide bonds. The first kappa shape index (κ1) is 26.7. The molecule has 0 spiro atoms. The van der Waals surface area contributed by atoms with Gasteiger partial charge in [-0.1, -0.05) is 87.1 Å². The number of esters is 1. The molecule has 1 atom stereocenters. The lowest BCUT2D eigenvalue weighted by atomic mass is 9.86. The molecule has 0 saturated heterocycles. The summed E-state index contributed by atoms with van der Waals surface area (Å²) in [6, 6.07) is 13.2. The van der Waals surface area contributed by atoms with Crippen molar-refractivity contribution in [1.82, 2.24) is 0 Å². The van der Waals surface area contributed by atoms with Crippen LogP contribution in [0.4, 0.5) is 0 Å². The maximum atomic E-state index is 13.4. The lowest BCUT2D eigenvalue weighted by Crippen LogP contribution is -2.26. The maximum absolute atomic E-state index is 13.4. The Bertz CT molecular complexity index is 810. The lowest BCUT2D eigenvalue weighted by molar-refractivity contribution is -0.144. The van der Waals surface area contributed by atoms with Gasteiger partial charge in [0, 0.05) is 5.56 Å². The summed E-state index contributed by atoms with van der Waals surface area (Å²) >= 11 is 0. The molecule has 168 valence electrons. The molecule has 0 bridgehead atoms. The number of unbranched alkanes of at least 4 members (excludes halogenated alkanes) is 5. The Balaban J connectivity index is 0.00000233. The quantitative estimate of drug-likeness (QED) is 0.124. The van der Waals surface area contributed by atoms with E-state index in [1.165, 1.54) is 19.3 Å². The summed E-state index contributed by atoms with van der Waals surface area (Å²) in [7, 11) is 1.72. The number of hydrogen-bond acceptors (Lipinski definition) is 4. The van der Waals surface area contributed by atoms with Crippen LogP contribution >= 0.6 is 9.12 Å². The number of carbonyl (C=O) groups excluding carboxylic acids is 2. The van der Waals surface area contributed by atoms with Gasteiger partial charge in [-0.25, -0.2) is 0 Å². The van der Waals surface area contributed by atoms with E-state index in [4.69, 9.17) is 9.30 Å². The number of Topliss-reactive ketones (excluding diaryl/α,β-unsaturated/α-hetero) is 1. The van der Waals surface area contributed by atoms with Crippen molar-refractivity contribution in [2.24, 2.45) is 0 Å². The molecule has 1 unspecified atom stereocenters. The molecule has 5 heteroatoms. The second kappa shape index (κ2) is 14.6. The van der Waals surface area contributed by atoms with E-state index in [1.54, 1.807) is 9.12 Å². The van der Waals surface area contributed by atoms with Crippen molar-refractivity contribution >= 4 is 20.9 Å². The molecule has 0 saturated carbocycles. The molecule has 0 fully saturated rings. The Morgan fingerprint density at radius 3 is 2.00 bits per heavy atom. The Morgan fingerprint density at radius 2 is 1.42 bits per heavy atom. The molecule has 0 radical (unpaired) electrons. The van der Waals surface area contributed by atoms with Crippen LogP contribution in [0.5, 0.6) is 0 Å². The van der Waals surface area contributed by atoms with Gasteiger partial charge in [-0.2, -0.15) is 0 Å². The van der Waals surface area contributed by atoms with Crippen molar-refractivity contribution in [2.45, 2.75) is 72.1 Å². The van der Waals surface area contributed by atoms with Crippen molar-refractivity contribution in [3.8, 4) is 0 Å². The van der Waals surface area contributed by atoms with E-state index in [2.05, 4.69) is 6.92 Å². The van der Waals surface area contributed by atoms with Gasteiger partial charge in [-0.15, -0.1) is 0 Å². The summed E-state index contributed by atoms with van der Waals surface area (Å²) in [4.78, 5) is 26.4. The van der Waals surface area contributed by atoms with Crippen molar-refractivity contribution in [3.05, 3.63) is 70.3 Å². The average molecular weight is 443 g/mol. The molecule has 2 rings (SSSR count). The van der Waals surface area contributed by atoms with E-state index in [1.807, 2.05) is 63.2 Å². The molecular weight excluding hydrogens is 407 g/mol. The van der Waals surface area contributed by atoms with Gasteiger partial charge in [-0.05, 0) is 43.9 Å². The van der Waals surface area contributed by atoms with Crippen LogP contribution in [0.15, 0.2) is 42.5 Å². The predicted octanol–water partition coefficient (Wildman–Crippen LogP) is 6.96. The van der Waals surface area contributed by atoms with Crippen LogP contribution < -0.4 is 0 Å². The highest BCUT2D eigenvalue weighted by Crippen LogP contribution is 2.27. The van der Waals surface area contributed by atoms with Crippen LogP contribution in [0.3, 0.4) is 0 Å². The van der Waals surface area contributed by atoms with E-state index in [-0.39, 0.29) is 5.78 Å². The number of rotatable bonds is 11. The number of benzene rings is 2. The van der Waals surface area contributed by atoms with Crippen molar-refractivity contribution in [1.29, 1.82) is 0 Å². The second-order valence-electron chi connectivity index (χ2n) is 7.92. The zero-order chi connectivity index (χ0) is 23.2. The number of hydrogen-bond donors (Lipinski definition) is 0. The number of aryl methyl sites for hydroxylation is 3. The minimum absolute atomic E-state index is 0.181. The number of ketones is 1. The highest BCUT2D eigenvalue weighted by molar-refractivity contribution is 7.00. The third-order valence-corrected chi connectivity index (χ3v) is 5.30. The Morgan fingerprint density at radius 1 is 0.871 bits per heavy atom. The van der Waals surface area contributed by atoms with Gasteiger partial charge in [0.05, 0.1) is 6.61 Å². The zero-order valence-corrected chi connectivity index (χ0v) is 20.2. The normalized spacial score (nSPS) is 11.2. The highest BCUT2D eigenvalue weighted by Gasteiger charge is 2.32. The Hall–Kier alpha value is -2.32. The van der Waals surface area contributed by atoms with Gasteiger partial charge >= 0.3 is 5.97 Å². The maximum Gasteiger partial charge on any atom is 0.321 e. The minimum atomic E-state index is -0.920. The summed E-state index contributed by atoms with van der Waals surface area (Å²) in [6.07, 6.45) is 6.74. The first-order valence-corrected chi connectivity index (χ1v) is 11.4. The standard InChI is InChI=1S/C26H34O3.HOP/c1-5-6-7-8-9-13-16-29-26(28)24(22-14-11-10-12-15-22)25(27)23-20(3)17-19(2)18-21(23)4;1-2/h10-12,14-15,17-18,24H,5-9,13,16H2,1-4H3;2H. The van der Waals surface area contributed by atoms with E-state index in [9.17, 15) is 9.59 Å².